The molecule has 1 aliphatic heterocycles. The molecule has 11 heteroatoms. The molecule has 3 heterocycles. The van der Waals surface area contributed by atoms with Gasteiger partial charge in [-0.2, -0.15) is 10.2 Å². The van der Waals surface area contributed by atoms with Crippen LogP contribution in [-0.2, 0) is 26.2 Å². The Morgan fingerprint density at radius 2 is 1.84 bits per heavy atom. The highest BCUT2D eigenvalue weighted by atomic mass is 79.9. The Hall–Kier alpha value is -4.25. The lowest BCUT2D eigenvalue weighted by Crippen LogP contribution is -2.37. The number of nitrogens with zero attached hydrogens (tertiary/aromatic N) is 5. The minimum absolute atomic E-state index is 0.239. The van der Waals surface area contributed by atoms with Crippen molar-refractivity contribution in [3.05, 3.63) is 128 Å². The maximum atomic E-state index is 14.1. The van der Waals surface area contributed by atoms with Crippen molar-refractivity contribution in [3.8, 4) is 22.7 Å². The second-order valence-electron chi connectivity index (χ2n) is 11.3. The first kappa shape index (κ1) is 29.5. The summed E-state index contributed by atoms with van der Waals surface area (Å²) in [6, 6.07) is 24.8. The predicted octanol–water partition coefficient (Wildman–Crippen LogP) is 6.00. The van der Waals surface area contributed by atoms with Crippen LogP contribution in [0.5, 0.6) is 5.75 Å². The van der Waals surface area contributed by atoms with E-state index in [2.05, 4.69) is 36.3 Å². The number of carbonyl (C=O) groups is 1. The summed E-state index contributed by atoms with van der Waals surface area (Å²) in [4.78, 5) is 30.3. The van der Waals surface area contributed by atoms with Gasteiger partial charge in [0.2, 0.25) is 0 Å². The molecule has 228 valence electrons. The summed E-state index contributed by atoms with van der Waals surface area (Å²) in [6.07, 6.45) is 4.00. The number of rotatable bonds is 9. The lowest BCUT2D eigenvalue weighted by Gasteiger charge is -2.28. The number of hydrogen-bond acceptors (Lipinski definition) is 6. The van der Waals surface area contributed by atoms with Gasteiger partial charge in [-0.1, -0.05) is 41.9 Å². The van der Waals surface area contributed by atoms with Crippen molar-refractivity contribution in [2.75, 3.05) is 6.54 Å². The van der Waals surface area contributed by atoms with Crippen LogP contribution >= 0.6 is 27.5 Å². The van der Waals surface area contributed by atoms with E-state index >= 15 is 0 Å². The van der Waals surface area contributed by atoms with E-state index in [1.165, 1.54) is 4.57 Å². The molecular weight excluding hydrogens is 656 g/mol. The van der Waals surface area contributed by atoms with Crippen molar-refractivity contribution in [1.29, 1.82) is 0 Å². The summed E-state index contributed by atoms with van der Waals surface area (Å²) in [5.41, 5.74) is 4.92. The van der Waals surface area contributed by atoms with E-state index in [0.717, 1.165) is 45.4 Å². The van der Waals surface area contributed by atoms with Crippen LogP contribution in [0.25, 0.3) is 16.9 Å². The Bertz CT molecular complexity index is 1920. The first-order chi connectivity index (χ1) is 21.9. The third-order valence-corrected chi connectivity index (χ3v) is 9.32. The lowest BCUT2D eigenvalue weighted by atomic mass is 10.0. The number of amides is 1. The highest BCUT2D eigenvalue weighted by molar-refractivity contribution is 9.10. The quantitative estimate of drug-likeness (QED) is 0.205. The van der Waals surface area contributed by atoms with E-state index in [4.69, 9.17) is 16.3 Å². The number of nitrogens with one attached hydrogen (secondary N) is 1. The Labute approximate surface area is 273 Å². The van der Waals surface area contributed by atoms with Gasteiger partial charge in [0, 0.05) is 49.0 Å². The average Bonchev–Trinajstić information content (AvgIpc) is 3.84. The molecule has 1 amide bonds. The standard InChI is InChI=1S/C34H30BrClN6O3/c35-28-14-7-22(18-29(28)36)20-40-16-17-41-31(21-40)32(42(34(41)44)24-8-10-25(11-9-24)45-26-12-13-26)33(43)37-19-23-4-1-2-5-27(23)30-6-3-15-38-39-30/h1-11,14-15,18,26H,12-13,16-17,19-21H2,(H,37,43). The molecule has 7 rings (SSSR count). The van der Waals surface area contributed by atoms with Gasteiger partial charge in [0.25, 0.3) is 5.91 Å². The largest absolute Gasteiger partial charge is 0.490 e. The third kappa shape index (κ3) is 6.31. The second kappa shape index (κ2) is 12.6. The van der Waals surface area contributed by atoms with Crippen molar-refractivity contribution in [3.63, 3.8) is 0 Å². The summed E-state index contributed by atoms with van der Waals surface area (Å²) in [6.45, 7) is 2.43. The number of imidazole rings is 1. The Kier molecular flexibility index (Phi) is 8.27. The van der Waals surface area contributed by atoms with Gasteiger partial charge in [-0.05, 0) is 88.4 Å². The first-order valence-corrected chi connectivity index (χ1v) is 16.0. The average molecular weight is 686 g/mol. The van der Waals surface area contributed by atoms with Gasteiger partial charge >= 0.3 is 5.69 Å². The van der Waals surface area contributed by atoms with E-state index in [-0.39, 0.29) is 24.2 Å². The number of hydrogen-bond donors (Lipinski definition) is 1. The number of aromatic nitrogens is 4. The SMILES string of the molecule is O=C(NCc1ccccc1-c1cccnn1)c1c2n(c(=O)n1-c1ccc(OC3CC3)cc1)CCN(Cc1ccc(Br)c(Cl)c1)C2. The summed E-state index contributed by atoms with van der Waals surface area (Å²) in [7, 11) is 0. The molecule has 0 radical (unpaired) electrons. The summed E-state index contributed by atoms with van der Waals surface area (Å²) < 4.78 is 10.0. The second-order valence-corrected chi connectivity index (χ2v) is 12.5. The van der Waals surface area contributed by atoms with E-state index in [9.17, 15) is 9.59 Å². The lowest BCUT2D eigenvalue weighted by molar-refractivity contribution is 0.0940. The van der Waals surface area contributed by atoms with E-state index in [1.54, 1.807) is 10.8 Å². The van der Waals surface area contributed by atoms with Gasteiger partial charge in [0.1, 0.15) is 11.4 Å². The molecule has 0 atom stereocenters. The zero-order valence-electron chi connectivity index (χ0n) is 24.3. The van der Waals surface area contributed by atoms with E-state index in [1.807, 2.05) is 78.9 Å². The molecule has 2 aromatic heterocycles. The zero-order chi connectivity index (χ0) is 30.9. The van der Waals surface area contributed by atoms with Gasteiger partial charge in [0.15, 0.2) is 0 Å². The fraction of sp³-hybridized carbons (Fsp3) is 0.235. The van der Waals surface area contributed by atoms with Crippen LogP contribution in [0.4, 0.5) is 0 Å². The number of carbonyl (C=O) groups excluding carboxylic acids is 1. The van der Waals surface area contributed by atoms with Crippen LogP contribution in [-0.4, -0.2) is 42.8 Å². The molecule has 1 saturated carbocycles. The Morgan fingerprint density at radius 3 is 2.60 bits per heavy atom. The van der Waals surface area contributed by atoms with Crippen LogP contribution in [0.1, 0.15) is 40.2 Å². The number of ether oxygens (including phenoxy) is 1. The fourth-order valence-corrected chi connectivity index (χ4v) is 6.15. The van der Waals surface area contributed by atoms with Gasteiger partial charge in [-0.25, -0.2) is 4.79 Å². The van der Waals surface area contributed by atoms with Crippen LogP contribution in [0, 0.1) is 0 Å². The van der Waals surface area contributed by atoms with Crippen LogP contribution in [0.15, 0.2) is 94.3 Å². The van der Waals surface area contributed by atoms with Gasteiger partial charge in [-0.3, -0.25) is 18.8 Å². The summed E-state index contributed by atoms with van der Waals surface area (Å²) >= 11 is 9.82. The van der Waals surface area contributed by atoms with Crippen LogP contribution < -0.4 is 15.7 Å². The van der Waals surface area contributed by atoms with Gasteiger partial charge in [-0.15, -0.1) is 0 Å². The minimum atomic E-state index is -0.332. The maximum Gasteiger partial charge on any atom is 0.333 e. The Balaban J connectivity index is 1.22. The molecule has 5 aromatic rings. The number of fused-ring (bicyclic) bond motifs is 1. The molecule has 3 aromatic carbocycles. The number of benzene rings is 3. The molecule has 0 saturated heterocycles. The summed E-state index contributed by atoms with van der Waals surface area (Å²) in [5, 5.41) is 12.0. The van der Waals surface area contributed by atoms with Crippen molar-refractivity contribution in [2.45, 2.75) is 45.1 Å². The smallest absolute Gasteiger partial charge is 0.333 e. The normalized spacial score (nSPS) is 14.6. The molecule has 45 heavy (non-hydrogen) atoms. The molecule has 0 spiro atoms. The Morgan fingerprint density at radius 1 is 1.02 bits per heavy atom. The molecular formula is C34H30BrClN6O3. The topological polar surface area (TPSA) is 94.3 Å². The zero-order valence-corrected chi connectivity index (χ0v) is 26.7. The predicted molar refractivity (Wildman–Crippen MR) is 176 cm³/mol. The van der Waals surface area contributed by atoms with Crippen LogP contribution in [0.3, 0.4) is 0 Å². The molecule has 2 aliphatic rings. The molecule has 1 N–H and O–H groups in total. The van der Waals surface area contributed by atoms with Gasteiger partial charge in [0.05, 0.1) is 28.2 Å². The third-order valence-electron chi connectivity index (χ3n) is 8.09. The molecule has 9 nitrogen and oxygen atoms in total. The van der Waals surface area contributed by atoms with Crippen LogP contribution in [0.2, 0.25) is 5.02 Å². The molecule has 1 fully saturated rings. The van der Waals surface area contributed by atoms with E-state index in [0.29, 0.717) is 48.3 Å². The van der Waals surface area contributed by atoms with Gasteiger partial charge < -0.3 is 10.1 Å². The molecule has 0 bridgehead atoms. The number of halogens is 2. The van der Waals surface area contributed by atoms with Crippen molar-refractivity contribution < 1.29 is 9.53 Å². The molecule has 1 aliphatic carbocycles. The first-order valence-electron chi connectivity index (χ1n) is 14.9. The molecule has 0 unspecified atom stereocenters. The maximum absolute atomic E-state index is 14.1. The van der Waals surface area contributed by atoms with Crippen molar-refractivity contribution >= 4 is 33.4 Å². The van der Waals surface area contributed by atoms with Crippen molar-refractivity contribution in [2.24, 2.45) is 0 Å². The fourth-order valence-electron chi connectivity index (χ4n) is 5.70. The summed E-state index contributed by atoms with van der Waals surface area (Å²) in [5.74, 6) is 0.422. The van der Waals surface area contributed by atoms with E-state index < -0.39 is 0 Å². The minimum Gasteiger partial charge on any atom is -0.490 e. The highest BCUT2D eigenvalue weighted by Crippen LogP contribution is 2.29. The highest BCUT2D eigenvalue weighted by Gasteiger charge is 2.30. The monoisotopic (exact) mass is 684 g/mol. The van der Waals surface area contributed by atoms with Crippen molar-refractivity contribution in [1.82, 2.24) is 29.5 Å².